The molecule has 0 fully saturated rings. The van der Waals surface area contributed by atoms with Gasteiger partial charge in [-0.15, -0.1) is 21.5 Å². The number of hydrogen-bond acceptors (Lipinski definition) is 8. The Balaban J connectivity index is 1.31. The van der Waals surface area contributed by atoms with Crippen LogP contribution in [0.15, 0.2) is 57.5 Å². The Morgan fingerprint density at radius 1 is 1.12 bits per heavy atom. The molecule has 33 heavy (non-hydrogen) atoms. The summed E-state index contributed by atoms with van der Waals surface area (Å²) in [4.78, 5) is 16.8. The molecule has 2 aromatic carbocycles. The maximum absolute atomic E-state index is 12.3. The molecule has 0 spiro atoms. The van der Waals surface area contributed by atoms with E-state index in [4.69, 9.17) is 4.42 Å². The van der Waals surface area contributed by atoms with Crippen molar-refractivity contribution in [3.05, 3.63) is 59.0 Å². The SMILES string of the molecule is Cc1ccc(-c2csc(NC(=O)CSc3nnc(-c4ccc(OC(F)F)cc4)o3)n2)cc1C. The number of aryl methyl sites for hydroxylation is 2. The molecule has 0 atom stereocenters. The second-order valence-corrected chi connectivity index (χ2v) is 8.73. The third kappa shape index (κ3) is 5.93. The molecule has 1 N–H and O–H groups in total. The lowest BCUT2D eigenvalue weighted by molar-refractivity contribution is -0.113. The van der Waals surface area contributed by atoms with E-state index in [0.717, 1.165) is 23.0 Å². The Labute approximate surface area is 196 Å². The van der Waals surface area contributed by atoms with Gasteiger partial charge in [-0.3, -0.25) is 4.79 Å². The predicted molar refractivity (Wildman–Crippen MR) is 123 cm³/mol. The van der Waals surface area contributed by atoms with Crippen LogP contribution in [-0.4, -0.2) is 33.5 Å². The van der Waals surface area contributed by atoms with Crippen molar-refractivity contribution in [1.29, 1.82) is 0 Å². The van der Waals surface area contributed by atoms with Crippen LogP contribution >= 0.6 is 23.1 Å². The first-order valence-corrected chi connectivity index (χ1v) is 11.6. The number of halogens is 2. The van der Waals surface area contributed by atoms with Crippen molar-refractivity contribution in [2.45, 2.75) is 25.7 Å². The van der Waals surface area contributed by atoms with E-state index in [-0.39, 0.29) is 28.5 Å². The first-order valence-electron chi connectivity index (χ1n) is 9.72. The van der Waals surface area contributed by atoms with Crippen molar-refractivity contribution in [3.63, 3.8) is 0 Å². The van der Waals surface area contributed by atoms with Gasteiger partial charge in [0.2, 0.25) is 11.8 Å². The van der Waals surface area contributed by atoms with E-state index in [0.29, 0.717) is 10.7 Å². The number of thioether (sulfide) groups is 1. The quantitative estimate of drug-likeness (QED) is 0.313. The number of aromatic nitrogens is 3. The zero-order chi connectivity index (χ0) is 23.4. The number of amides is 1. The Morgan fingerprint density at radius 2 is 1.88 bits per heavy atom. The molecule has 2 heterocycles. The minimum atomic E-state index is -2.89. The lowest BCUT2D eigenvalue weighted by Gasteiger charge is -2.03. The van der Waals surface area contributed by atoms with E-state index in [1.807, 2.05) is 24.4 Å². The molecule has 0 bridgehead atoms. The largest absolute Gasteiger partial charge is 0.435 e. The second-order valence-electron chi connectivity index (χ2n) is 6.95. The van der Waals surface area contributed by atoms with Crippen LogP contribution < -0.4 is 10.1 Å². The highest BCUT2D eigenvalue weighted by atomic mass is 32.2. The molecular formula is C22H18F2N4O3S2. The zero-order valence-electron chi connectivity index (χ0n) is 17.5. The van der Waals surface area contributed by atoms with Gasteiger partial charge in [0, 0.05) is 16.5 Å². The average Bonchev–Trinajstić information content (AvgIpc) is 3.44. The molecule has 1 amide bonds. The Hall–Kier alpha value is -3.31. The third-order valence-corrected chi connectivity index (χ3v) is 6.19. The molecule has 0 aliphatic carbocycles. The van der Waals surface area contributed by atoms with Gasteiger partial charge in [0.25, 0.3) is 5.22 Å². The molecule has 0 aliphatic heterocycles. The van der Waals surface area contributed by atoms with Crippen LogP contribution in [0.1, 0.15) is 11.1 Å². The number of nitrogens with one attached hydrogen (secondary N) is 1. The summed E-state index contributed by atoms with van der Waals surface area (Å²) in [6.07, 6.45) is 0. The number of rotatable bonds is 8. The fourth-order valence-corrected chi connectivity index (χ4v) is 4.11. The molecular weight excluding hydrogens is 470 g/mol. The molecule has 4 rings (SSSR count). The minimum Gasteiger partial charge on any atom is -0.435 e. The predicted octanol–water partition coefficient (Wildman–Crippen LogP) is 5.81. The van der Waals surface area contributed by atoms with Gasteiger partial charge in [0.05, 0.1) is 11.4 Å². The van der Waals surface area contributed by atoms with Crippen molar-refractivity contribution in [3.8, 4) is 28.5 Å². The van der Waals surface area contributed by atoms with Gasteiger partial charge in [0.15, 0.2) is 5.13 Å². The molecule has 0 radical (unpaired) electrons. The van der Waals surface area contributed by atoms with Gasteiger partial charge in [-0.05, 0) is 55.3 Å². The van der Waals surface area contributed by atoms with E-state index in [1.54, 1.807) is 0 Å². The van der Waals surface area contributed by atoms with Crippen LogP contribution in [0.4, 0.5) is 13.9 Å². The third-order valence-electron chi connectivity index (χ3n) is 4.61. The van der Waals surface area contributed by atoms with Gasteiger partial charge in [-0.1, -0.05) is 23.9 Å². The number of nitrogens with zero attached hydrogens (tertiary/aromatic N) is 3. The number of anilines is 1. The molecule has 2 aromatic heterocycles. The minimum absolute atomic E-state index is 0.0300. The first-order chi connectivity index (χ1) is 15.9. The summed E-state index contributed by atoms with van der Waals surface area (Å²) in [5.41, 5.74) is 4.73. The van der Waals surface area contributed by atoms with Crippen molar-refractivity contribution < 1.29 is 22.7 Å². The summed E-state index contributed by atoms with van der Waals surface area (Å²) < 4.78 is 34.3. The summed E-state index contributed by atoms with van der Waals surface area (Å²) in [5.74, 6) is 0.0394. The second kappa shape index (κ2) is 10.1. The number of carbonyl (C=O) groups excluding carboxylic acids is 1. The van der Waals surface area contributed by atoms with Crippen molar-refractivity contribution in [1.82, 2.24) is 15.2 Å². The smallest absolute Gasteiger partial charge is 0.387 e. The summed E-state index contributed by atoms with van der Waals surface area (Å²) in [7, 11) is 0. The van der Waals surface area contributed by atoms with Gasteiger partial charge < -0.3 is 14.5 Å². The lowest BCUT2D eigenvalue weighted by Crippen LogP contribution is -2.13. The highest BCUT2D eigenvalue weighted by molar-refractivity contribution is 7.99. The molecule has 0 unspecified atom stereocenters. The van der Waals surface area contributed by atoms with E-state index in [1.165, 1.54) is 46.7 Å². The number of hydrogen-bond donors (Lipinski definition) is 1. The number of carbonyl (C=O) groups is 1. The maximum atomic E-state index is 12.3. The summed E-state index contributed by atoms with van der Waals surface area (Å²) in [5, 5.41) is 13.2. The molecule has 7 nitrogen and oxygen atoms in total. The van der Waals surface area contributed by atoms with Crippen LogP contribution in [0.2, 0.25) is 0 Å². The van der Waals surface area contributed by atoms with Gasteiger partial charge in [-0.2, -0.15) is 8.78 Å². The maximum Gasteiger partial charge on any atom is 0.387 e. The molecule has 0 aliphatic rings. The lowest BCUT2D eigenvalue weighted by atomic mass is 10.1. The van der Waals surface area contributed by atoms with Crippen LogP contribution in [0.5, 0.6) is 5.75 Å². The molecule has 11 heteroatoms. The fraction of sp³-hybridized carbons (Fsp3) is 0.182. The normalized spacial score (nSPS) is 11.1. The van der Waals surface area contributed by atoms with Crippen LogP contribution in [0.25, 0.3) is 22.7 Å². The standard InChI is InChI=1S/C22H18F2N4O3S2/c1-12-3-4-15(9-13(12)2)17-10-32-21(25-17)26-18(29)11-33-22-28-27-19(31-22)14-5-7-16(8-6-14)30-20(23)24/h3-10,20H,11H2,1-2H3,(H,25,26,29). The molecule has 170 valence electrons. The highest BCUT2D eigenvalue weighted by Gasteiger charge is 2.14. The van der Waals surface area contributed by atoms with Gasteiger partial charge in [0.1, 0.15) is 5.75 Å². The van der Waals surface area contributed by atoms with Crippen molar-refractivity contribution in [2.24, 2.45) is 0 Å². The van der Waals surface area contributed by atoms with Crippen LogP contribution in [0.3, 0.4) is 0 Å². The first kappa shape index (κ1) is 22.9. The number of ether oxygens (including phenoxy) is 1. The van der Waals surface area contributed by atoms with Crippen molar-refractivity contribution >= 4 is 34.1 Å². The fourth-order valence-electron chi connectivity index (χ4n) is 2.81. The molecule has 4 aromatic rings. The Morgan fingerprint density at radius 3 is 2.61 bits per heavy atom. The topological polar surface area (TPSA) is 90.1 Å². The number of benzene rings is 2. The van der Waals surface area contributed by atoms with E-state index >= 15 is 0 Å². The average molecular weight is 489 g/mol. The Bertz CT molecular complexity index is 1260. The molecule has 0 saturated carbocycles. The number of alkyl halides is 2. The highest BCUT2D eigenvalue weighted by Crippen LogP contribution is 2.28. The van der Waals surface area contributed by atoms with E-state index in [2.05, 4.69) is 38.2 Å². The van der Waals surface area contributed by atoms with Crippen LogP contribution in [0, 0.1) is 13.8 Å². The van der Waals surface area contributed by atoms with E-state index in [9.17, 15) is 13.6 Å². The zero-order valence-corrected chi connectivity index (χ0v) is 19.2. The summed E-state index contributed by atoms with van der Waals surface area (Å²) in [6.45, 7) is 1.21. The monoisotopic (exact) mass is 488 g/mol. The van der Waals surface area contributed by atoms with Gasteiger partial charge in [-0.25, -0.2) is 4.98 Å². The molecule has 0 saturated heterocycles. The van der Waals surface area contributed by atoms with E-state index < -0.39 is 6.61 Å². The Kier molecular flexibility index (Phi) is 6.99. The number of thiazole rings is 1. The summed E-state index contributed by atoms with van der Waals surface area (Å²) >= 11 is 2.43. The van der Waals surface area contributed by atoms with Gasteiger partial charge >= 0.3 is 6.61 Å². The van der Waals surface area contributed by atoms with Crippen molar-refractivity contribution in [2.75, 3.05) is 11.1 Å². The van der Waals surface area contributed by atoms with Crippen LogP contribution in [-0.2, 0) is 4.79 Å². The summed E-state index contributed by atoms with van der Waals surface area (Å²) in [6, 6.07) is 11.9.